The molecule has 0 fully saturated rings. The SMILES string of the molecule is CCOC(=O)C1=C(C)N=c2s/c(=C\c3cccc(OCc4ccc([N+](=O)[O-])cc4)c3)c(=O)n2[C@@H]1c1ccc(OCC)c(OCC)c1. The van der Waals surface area contributed by atoms with Gasteiger partial charge in [-0.2, -0.15) is 0 Å². The fraction of sp³-hybridized carbons (Fsp3) is 0.265. The lowest BCUT2D eigenvalue weighted by Gasteiger charge is -2.25. The predicted molar refractivity (Wildman–Crippen MR) is 173 cm³/mol. The lowest BCUT2D eigenvalue weighted by atomic mass is 9.95. The molecule has 0 saturated heterocycles. The average molecular weight is 644 g/mol. The third-order valence-electron chi connectivity index (χ3n) is 7.11. The van der Waals surface area contributed by atoms with Crippen LogP contribution in [-0.2, 0) is 16.1 Å². The molecule has 0 unspecified atom stereocenters. The zero-order valence-electron chi connectivity index (χ0n) is 25.8. The fourth-order valence-electron chi connectivity index (χ4n) is 5.07. The van der Waals surface area contributed by atoms with Gasteiger partial charge in [-0.25, -0.2) is 9.79 Å². The van der Waals surface area contributed by atoms with Crippen LogP contribution in [0.2, 0.25) is 0 Å². The molecule has 1 aliphatic heterocycles. The molecule has 2 heterocycles. The molecule has 0 saturated carbocycles. The van der Waals surface area contributed by atoms with Gasteiger partial charge in [-0.3, -0.25) is 19.5 Å². The van der Waals surface area contributed by atoms with E-state index in [9.17, 15) is 19.7 Å². The summed E-state index contributed by atoms with van der Waals surface area (Å²) < 4.78 is 24.9. The smallest absolute Gasteiger partial charge is 0.338 e. The molecule has 0 aliphatic carbocycles. The minimum absolute atomic E-state index is 0.0104. The molecule has 11 nitrogen and oxygen atoms in total. The minimum Gasteiger partial charge on any atom is -0.490 e. The van der Waals surface area contributed by atoms with Crippen LogP contribution in [0.5, 0.6) is 17.2 Å². The van der Waals surface area contributed by atoms with Crippen LogP contribution >= 0.6 is 11.3 Å². The molecule has 1 atom stereocenters. The summed E-state index contributed by atoms with van der Waals surface area (Å²) in [7, 11) is 0. The Morgan fingerprint density at radius 3 is 2.41 bits per heavy atom. The van der Waals surface area contributed by atoms with Gasteiger partial charge in [0, 0.05) is 12.1 Å². The number of hydrogen-bond acceptors (Lipinski definition) is 10. The molecular weight excluding hydrogens is 610 g/mol. The molecule has 4 aromatic rings. The van der Waals surface area contributed by atoms with E-state index < -0.39 is 16.9 Å². The number of carbonyl (C=O) groups excluding carboxylic acids is 1. The van der Waals surface area contributed by atoms with Crippen molar-refractivity contribution in [1.29, 1.82) is 0 Å². The van der Waals surface area contributed by atoms with E-state index >= 15 is 0 Å². The Bertz CT molecular complexity index is 1980. The van der Waals surface area contributed by atoms with Crippen molar-refractivity contribution in [2.75, 3.05) is 19.8 Å². The van der Waals surface area contributed by atoms with Crippen molar-refractivity contribution in [3.8, 4) is 17.2 Å². The van der Waals surface area contributed by atoms with E-state index in [1.807, 2.05) is 32.0 Å². The number of thiazole rings is 1. The van der Waals surface area contributed by atoms with Gasteiger partial charge in [-0.15, -0.1) is 0 Å². The summed E-state index contributed by atoms with van der Waals surface area (Å²) >= 11 is 1.22. The number of non-ortho nitro benzene ring substituents is 1. The third kappa shape index (κ3) is 6.86. The number of nitrogens with zero attached hydrogens (tertiary/aromatic N) is 3. The summed E-state index contributed by atoms with van der Waals surface area (Å²) in [4.78, 5) is 42.9. The molecule has 238 valence electrons. The maximum absolute atomic E-state index is 14.1. The topological polar surface area (TPSA) is 131 Å². The summed E-state index contributed by atoms with van der Waals surface area (Å²) in [5.41, 5.74) is 2.59. The van der Waals surface area contributed by atoms with Crippen molar-refractivity contribution in [2.45, 2.75) is 40.3 Å². The predicted octanol–water partition coefficient (Wildman–Crippen LogP) is 5.08. The van der Waals surface area contributed by atoms with Gasteiger partial charge in [0.2, 0.25) is 0 Å². The molecule has 46 heavy (non-hydrogen) atoms. The van der Waals surface area contributed by atoms with Gasteiger partial charge in [-0.05, 0) is 86.9 Å². The zero-order valence-corrected chi connectivity index (χ0v) is 26.7. The van der Waals surface area contributed by atoms with Crippen molar-refractivity contribution in [3.63, 3.8) is 0 Å². The van der Waals surface area contributed by atoms with E-state index in [2.05, 4.69) is 4.99 Å². The number of ether oxygens (including phenoxy) is 4. The lowest BCUT2D eigenvalue weighted by Crippen LogP contribution is -2.40. The molecule has 12 heteroatoms. The number of aromatic nitrogens is 1. The number of hydrogen-bond donors (Lipinski definition) is 0. The lowest BCUT2D eigenvalue weighted by molar-refractivity contribution is -0.384. The summed E-state index contributed by atoms with van der Waals surface area (Å²) in [6, 6.07) is 18.0. The first-order chi connectivity index (χ1) is 22.2. The molecule has 0 N–H and O–H groups in total. The Morgan fingerprint density at radius 2 is 1.72 bits per heavy atom. The Balaban J connectivity index is 1.53. The maximum Gasteiger partial charge on any atom is 0.338 e. The molecule has 1 aromatic heterocycles. The number of rotatable bonds is 12. The number of nitro groups is 1. The van der Waals surface area contributed by atoms with Crippen molar-refractivity contribution in [2.24, 2.45) is 4.99 Å². The van der Waals surface area contributed by atoms with Crippen LogP contribution < -0.4 is 29.1 Å². The van der Waals surface area contributed by atoms with Gasteiger partial charge in [0.15, 0.2) is 16.3 Å². The molecule has 1 aliphatic rings. The van der Waals surface area contributed by atoms with Gasteiger partial charge in [0.25, 0.3) is 11.2 Å². The van der Waals surface area contributed by atoms with E-state index in [1.165, 1.54) is 28.0 Å². The van der Waals surface area contributed by atoms with Gasteiger partial charge >= 0.3 is 5.97 Å². The van der Waals surface area contributed by atoms with Gasteiger partial charge in [0.1, 0.15) is 12.4 Å². The first kappa shape index (κ1) is 32.2. The Hall–Kier alpha value is -5.23. The maximum atomic E-state index is 14.1. The van der Waals surface area contributed by atoms with E-state index in [0.717, 1.165) is 11.1 Å². The van der Waals surface area contributed by atoms with Crippen LogP contribution in [0.4, 0.5) is 5.69 Å². The summed E-state index contributed by atoms with van der Waals surface area (Å²) in [6.45, 7) is 8.46. The first-order valence-corrected chi connectivity index (χ1v) is 15.6. The number of nitro benzene ring substituents is 1. The van der Waals surface area contributed by atoms with E-state index in [1.54, 1.807) is 56.3 Å². The second kappa shape index (κ2) is 14.2. The highest BCUT2D eigenvalue weighted by molar-refractivity contribution is 7.07. The van der Waals surface area contributed by atoms with Crippen LogP contribution in [0.1, 0.15) is 50.4 Å². The summed E-state index contributed by atoms with van der Waals surface area (Å²) in [6.07, 6.45) is 1.76. The largest absolute Gasteiger partial charge is 0.490 e. The molecule has 0 amide bonds. The molecule has 5 rings (SSSR count). The van der Waals surface area contributed by atoms with Crippen LogP contribution in [-0.4, -0.2) is 35.3 Å². The number of carbonyl (C=O) groups is 1. The zero-order chi connectivity index (χ0) is 32.8. The van der Waals surface area contributed by atoms with Crippen LogP contribution in [0.15, 0.2) is 87.8 Å². The second-order valence-electron chi connectivity index (χ2n) is 10.2. The number of fused-ring (bicyclic) bond motifs is 1. The highest BCUT2D eigenvalue weighted by Crippen LogP contribution is 2.36. The molecule has 0 radical (unpaired) electrons. The monoisotopic (exact) mass is 643 g/mol. The molecule has 3 aromatic carbocycles. The van der Waals surface area contributed by atoms with Crippen molar-refractivity contribution in [3.05, 3.63) is 124 Å². The van der Waals surface area contributed by atoms with E-state index in [-0.39, 0.29) is 30.0 Å². The molecular formula is C34H33N3O8S. The highest BCUT2D eigenvalue weighted by atomic mass is 32.1. The Labute approximate surface area is 268 Å². The number of allylic oxidation sites excluding steroid dienone is 1. The fourth-order valence-corrected chi connectivity index (χ4v) is 6.12. The van der Waals surface area contributed by atoms with Crippen LogP contribution in [0, 0.1) is 10.1 Å². The van der Waals surface area contributed by atoms with Crippen LogP contribution in [0.25, 0.3) is 6.08 Å². The van der Waals surface area contributed by atoms with Crippen LogP contribution in [0.3, 0.4) is 0 Å². The van der Waals surface area contributed by atoms with Crippen molar-refractivity contribution < 1.29 is 28.7 Å². The van der Waals surface area contributed by atoms with Gasteiger partial charge in [-0.1, -0.05) is 29.5 Å². The van der Waals surface area contributed by atoms with Crippen molar-refractivity contribution in [1.82, 2.24) is 4.57 Å². The standard InChI is InChI=1S/C34H33N3O8S/c1-5-42-27-16-13-24(19-28(27)43-6-2)31-30(33(39)44-7-3)21(4)35-34-36(31)32(38)29(46-34)18-23-9-8-10-26(17-23)45-20-22-11-14-25(15-12-22)37(40)41/h8-19,31H,5-7,20H2,1-4H3/b29-18-/t31-/m1/s1. The summed E-state index contributed by atoms with van der Waals surface area (Å²) in [5.74, 6) is 1.09. The number of benzene rings is 3. The quantitative estimate of drug-likeness (QED) is 0.119. The third-order valence-corrected chi connectivity index (χ3v) is 8.09. The van der Waals surface area contributed by atoms with E-state index in [4.69, 9.17) is 18.9 Å². The van der Waals surface area contributed by atoms with Gasteiger partial charge < -0.3 is 18.9 Å². The minimum atomic E-state index is -0.802. The van der Waals surface area contributed by atoms with Gasteiger partial charge in [0.05, 0.1) is 46.6 Å². The van der Waals surface area contributed by atoms with Crippen molar-refractivity contribution >= 4 is 29.1 Å². The first-order valence-electron chi connectivity index (χ1n) is 14.8. The second-order valence-corrected chi connectivity index (χ2v) is 11.2. The summed E-state index contributed by atoms with van der Waals surface area (Å²) in [5, 5.41) is 10.9. The highest BCUT2D eigenvalue weighted by Gasteiger charge is 2.34. The normalized spacial score (nSPS) is 14.3. The number of esters is 1. The van der Waals surface area contributed by atoms with E-state index in [0.29, 0.717) is 51.1 Å². The Morgan fingerprint density at radius 1 is 0.978 bits per heavy atom. The molecule has 0 bridgehead atoms. The average Bonchev–Trinajstić information content (AvgIpc) is 3.34. The molecule has 0 spiro atoms. The Kier molecular flexibility index (Phi) is 9.97.